The molecule has 0 aromatic heterocycles. The number of benzene rings is 1. The van der Waals surface area contributed by atoms with Crippen LogP contribution in [0.4, 0.5) is 0 Å². The van der Waals surface area contributed by atoms with E-state index in [1.807, 2.05) is 0 Å². The van der Waals surface area contributed by atoms with Crippen molar-refractivity contribution in [2.24, 2.45) is 0 Å². The van der Waals surface area contributed by atoms with E-state index >= 15 is 0 Å². The molecule has 1 aromatic carbocycles. The molecule has 1 aromatic rings. The van der Waals surface area contributed by atoms with Crippen LogP contribution in [0.3, 0.4) is 0 Å². The highest BCUT2D eigenvalue weighted by atomic mass is 16.5. The molecule has 0 heterocycles. The maximum atomic E-state index is 5.00. The lowest BCUT2D eigenvalue weighted by atomic mass is 9.86. The number of hydrogen-bond acceptors (Lipinski definition) is 2. The third-order valence-corrected chi connectivity index (χ3v) is 3.08. The van der Waals surface area contributed by atoms with Crippen LogP contribution in [-0.4, -0.2) is 26.8 Å². The Morgan fingerprint density at radius 3 is 2.37 bits per heavy atom. The number of nitrogens with one attached hydrogen (secondary N) is 1. The third-order valence-electron chi connectivity index (χ3n) is 3.08. The molecule has 106 valence electrons. The van der Waals surface area contributed by atoms with Gasteiger partial charge in [0.25, 0.3) is 0 Å². The zero-order chi connectivity index (χ0) is 14.3. The Morgan fingerprint density at radius 1 is 1.21 bits per heavy atom. The smallest absolute Gasteiger partial charge is 0.0587 e. The number of hydrogen-bond donors (Lipinski definition) is 1. The molecule has 1 rings (SSSR count). The fourth-order valence-electron chi connectivity index (χ4n) is 1.87. The largest absolute Gasteiger partial charge is 0.383 e. The second-order valence-electron chi connectivity index (χ2n) is 6.03. The van der Waals surface area contributed by atoms with Gasteiger partial charge in [-0.05, 0) is 23.5 Å². The average Bonchev–Trinajstić information content (AvgIpc) is 2.34. The summed E-state index contributed by atoms with van der Waals surface area (Å²) in [5.41, 5.74) is 4.19. The van der Waals surface area contributed by atoms with Crippen molar-refractivity contribution in [3.8, 4) is 0 Å². The molecule has 0 fully saturated rings. The monoisotopic (exact) mass is 261 g/mol. The highest BCUT2D eigenvalue weighted by Gasteiger charge is 2.12. The summed E-state index contributed by atoms with van der Waals surface area (Å²) in [4.78, 5) is 0. The van der Waals surface area contributed by atoms with E-state index in [0.29, 0.717) is 0 Å². The van der Waals surface area contributed by atoms with Gasteiger partial charge in [-0.1, -0.05) is 56.7 Å². The molecule has 0 amide bonds. The van der Waals surface area contributed by atoms with E-state index in [1.54, 1.807) is 7.11 Å². The van der Waals surface area contributed by atoms with Crippen molar-refractivity contribution in [2.75, 3.05) is 26.8 Å². The van der Waals surface area contributed by atoms with E-state index in [0.717, 1.165) is 19.7 Å². The molecule has 0 bridgehead atoms. The Labute approximate surface area is 117 Å². The zero-order valence-corrected chi connectivity index (χ0v) is 12.9. The standard InChI is InChI=1S/C17H27NO/c1-14(13-18-10-11-19-5)12-15-6-8-16(9-7-15)17(2,3)4/h6-9,12,18H,10-11,13H2,1-5H3. The fourth-order valence-corrected chi connectivity index (χ4v) is 1.87. The van der Waals surface area contributed by atoms with Crippen LogP contribution in [0.15, 0.2) is 29.8 Å². The number of methoxy groups -OCH3 is 1. The van der Waals surface area contributed by atoms with Gasteiger partial charge in [0.15, 0.2) is 0 Å². The second kappa shape index (κ2) is 7.46. The first kappa shape index (κ1) is 15.9. The van der Waals surface area contributed by atoms with E-state index in [9.17, 15) is 0 Å². The van der Waals surface area contributed by atoms with Crippen molar-refractivity contribution in [1.29, 1.82) is 0 Å². The molecule has 0 spiro atoms. The van der Waals surface area contributed by atoms with Crippen LogP contribution in [0.25, 0.3) is 6.08 Å². The van der Waals surface area contributed by atoms with Crippen molar-refractivity contribution in [1.82, 2.24) is 5.32 Å². The molecule has 0 atom stereocenters. The first-order chi connectivity index (χ1) is 8.93. The molecule has 0 aliphatic heterocycles. The van der Waals surface area contributed by atoms with E-state index in [4.69, 9.17) is 4.74 Å². The van der Waals surface area contributed by atoms with Gasteiger partial charge in [0, 0.05) is 20.2 Å². The molecule has 0 unspecified atom stereocenters. The van der Waals surface area contributed by atoms with Gasteiger partial charge in [-0.25, -0.2) is 0 Å². The van der Waals surface area contributed by atoms with Crippen LogP contribution in [0.5, 0.6) is 0 Å². The molecule has 0 saturated carbocycles. The Kier molecular flexibility index (Phi) is 6.26. The lowest BCUT2D eigenvalue weighted by Crippen LogP contribution is -2.20. The highest BCUT2D eigenvalue weighted by molar-refractivity contribution is 5.53. The molecule has 0 radical (unpaired) electrons. The van der Waals surface area contributed by atoms with Crippen molar-refractivity contribution < 1.29 is 4.74 Å². The van der Waals surface area contributed by atoms with Crippen LogP contribution in [0, 0.1) is 0 Å². The molecule has 0 aliphatic carbocycles. The van der Waals surface area contributed by atoms with Crippen LogP contribution in [0.1, 0.15) is 38.8 Å². The molecule has 0 saturated heterocycles. The van der Waals surface area contributed by atoms with E-state index in [1.165, 1.54) is 16.7 Å². The quantitative estimate of drug-likeness (QED) is 0.790. The van der Waals surface area contributed by atoms with Crippen LogP contribution in [-0.2, 0) is 10.2 Å². The van der Waals surface area contributed by atoms with Gasteiger partial charge in [0.05, 0.1) is 6.61 Å². The maximum Gasteiger partial charge on any atom is 0.0587 e. The Morgan fingerprint density at radius 2 is 1.84 bits per heavy atom. The van der Waals surface area contributed by atoms with Gasteiger partial charge in [0.2, 0.25) is 0 Å². The summed E-state index contributed by atoms with van der Waals surface area (Å²) in [5.74, 6) is 0. The lowest BCUT2D eigenvalue weighted by molar-refractivity contribution is 0.200. The van der Waals surface area contributed by atoms with E-state index < -0.39 is 0 Å². The molecule has 1 N–H and O–H groups in total. The Bertz CT molecular complexity index is 398. The predicted molar refractivity (Wildman–Crippen MR) is 83.5 cm³/mol. The third kappa shape index (κ3) is 6.04. The second-order valence-corrected chi connectivity index (χ2v) is 6.03. The summed E-state index contributed by atoms with van der Waals surface area (Å²) in [6, 6.07) is 8.83. The number of rotatable bonds is 6. The SMILES string of the molecule is COCCNCC(C)=Cc1ccc(C(C)(C)C)cc1. The minimum atomic E-state index is 0.221. The Hall–Kier alpha value is -1.12. The van der Waals surface area contributed by atoms with Gasteiger partial charge in [0.1, 0.15) is 0 Å². The lowest BCUT2D eigenvalue weighted by Gasteiger charge is -2.18. The summed E-state index contributed by atoms with van der Waals surface area (Å²) >= 11 is 0. The normalized spacial score (nSPS) is 12.8. The van der Waals surface area contributed by atoms with Crippen molar-refractivity contribution in [3.05, 3.63) is 41.0 Å². The van der Waals surface area contributed by atoms with Crippen LogP contribution >= 0.6 is 0 Å². The fraction of sp³-hybridized carbons (Fsp3) is 0.529. The van der Waals surface area contributed by atoms with Crippen LogP contribution < -0.4 is 5.32 Å². The van der Waals surface area contributed by atoms with Gasteiger partial charge in [-0.2, -0.15) is 0 Å². The van der Waals surface area contributed by atoms with E-state index in [-0.39, 0.29) is 5.41 Å². The van der Waals surface area contributed by atoms with Gasteiger partial charge < -0.3 is 10.1 Å². The summed E-state index contributed by atoms with van der Waals surface area (Å²) in [5, 5.41) is 3.35. The Balaban J connectivity index is 2.56. The molecule has 0 aliphatic rings. The molecule has 2 nitrogen and oxygen atoms in total. The van der Waals surface area contributed by atoms with Crippen LogP contribution in [0.2, 0.25) is 0 Å². The van der Waals surface area contributed by atoms with Gasteiger partial charge in [-0.15, -0.1) is 0 Å². The van der Waals surface area contributed by atoms with Crippen molar-refractivity contribution in [3.63, 3.8) is 0 Å². The highest BCUT2D eigenvalue weighted by Crippen LogP contribution is 2.22. The first-order valence-electron chi connectivity index (χ1n) is 6.91. The molecule has 2 heteroatoms. The summed E-state index contributed by atoms with van der Waals surface area (Å²) in [7, 11) is 1.72. The average molecular weight is 261 g/mol. The minimum absolute atomic E-state index is 0.221. The van der Waals surface area contributed by atoms with E-state index in [2.05, 4.69) is 63.4 Å². The molecule has 19 heavy (non-hydrogen) atoms. The molecular weight excluding hydrogens is 234 g/mol. The zero-order valence-electron chi connectivity index (χ0n) is 12.9. The van der Waals surface area contributed by atoms with Crippen molar-refractivity contribution >= 4 is 6.08 Å². The summed E-state index contributed by atoms with van der Waals surface area (Å²) < 4.78 is 5.00. The molecular formula is C17H27NO. The number of ether oxygens (including phenoxy) is 1. The minimum Gasteiger partial charge on any atom is -0.383 e. The van der Waals surface area contributed by atoms with Gasteiger partial charge in [-0.3, -0.25) is 0 Å². The van der Waals surface area contributed by atoms with Gasteiger partial charge >= 0.3 is 0 Å². The summed E-state index contributed by atoms with van der Waals surface area (Å²) in [6.45, 7) is 11.4. The summed E-state index contributed by atoms with van der Waals surface area (Å²) in [6.07, 6.45) is 2.23. The van der Waals surface area contributed by atoms with Crippen molar-refractivity contribution in [2.45, 2.75) is 33.1 Å². The topological polar surface area (TPSA) is 21.3 Å². The predicted octanol–water partition coefficient (Wildman–Crippen LogP) is 3.62. The maximum absolute atomic E-state index is 5.00. The first-order valence-corrected chi connectivity index (χ1v) is 6.91.